The third-order valence-corrected chi connectivity index (χ3v) is 4.34. The summed E-state index contributed by atoms with van der Waals surface area (Å²) < 4.78 is 0. The van der Waals surface area contributed by atoms with E-state index in [2.05, 4.69) is 25.9 Å². The number of amides is 1. The molecular weight excluding hydrogens is 314 g/mol. The lowest BCUT2D eigenvalue weighted by Gasteiger charge is -2.12. The number of hydrogen-bond donors (Lipinski definition) is 3. The van der Waals surface area contributed by atoms with Crippen molar-refractivity contribution in [2.45, 2.75) is 39.5 Å². The van der Waals surface area contributed by atoms with Crippen molar-refractivity contribution in [2.24, 2.45) is 5.92 Å². The van der Waals surface area contributed by atoms with Gasteiger partial charge >= 0.3 is 0 Å². The van der Waals surface area contributed by atoms with Crippen LogP contribution in [-0.4, -0.2) is 22.4 Å². The molecule has 0 saturated heterocycles. The summed E-state index contributed by atoms with van der Waals surface area (Å²) in [6, 6.07) is 9.60. The summed E-state index contributed by atoms with van der Waals surface area (Å²) in [5.41, 5.74) is 2.64. The predicted octanol–water partition coefficient (Wildman–Crippen LogP) is 4.09. The summed E-state index contributed by atoms with van der Waals surface area (Å²) in [6.07, 6.45) is 4.33. The van der Waals surface area contributed by atoms with Gasteiger partial charge in [0.1, 0.15) is 5.82 Å². The van der Waals surface area contributed by atoms with Crippen LogP contribution < -0.4 is 16.0 Å². The summed E-state index contributed by atoms with van der Waals surface area (Å²) >= 11 is 0. The minimum atomic E-state index is 0.139. The molecule has 1 aliphatic carbocycles. The number of nitrogens with one attached hydrogen (secondary N) is 3. The van der Waals surface area contributed by atoms with Gasteiger partial charge in [-0.25, -0.2) is 4.98 Å². The van der Waals surface area contributed by atoms with Gasteiger partial charge in [0.15, 0.2) is 0 Å². The van der Waals surface area contributed by atoms with Crippen LogP contribution in [0, 0.1) is 12.8 Å². The monoisotopic (exact) mass is 339 g/mol. The van der Waals surface area contributed by atoms with Gasteiger partial charge in [0.2, 0.25) is 11.9 Å². The highest BCUT2D eigenvalue weighted by molar-refractivity contribution is 5.92. The molecule has 0 bridgehead atoms. The second kappa shape index (κ2) is 7.96. The van der Waals surface area contributed by atoms with Gasteiger partial charge in [0, 0.05) is 35.6 Å². The molecule has 0 radical (unpaired) electrons. The fourth-order valence-electron chi connectivity index (χ4n) is 3.09. The summed E-state index contributed by atoms with van der Waals surface area (Å²) in [5.74, 6) is 1.67. The maximum Gasteiger partial charge on any atom is 0.227 e. The van der Waals surface area contributed by atoms with Crippen LogP contribution >= 0.6 is 0 Å². The standard InChI is InChI=1S/C19H25N5O/c1-3-20-19-21-13(2)12-17(24-19)22-15-8-10-16(11-9-15)23-18(25)14-6-4-5-7-14/h8-12,14H,3-7H2,1-2H3,(H,23,25)(H2,20,21,22,24). The van der Waals surface area contributed by atoms with Crippen molar-refractivity contribution in [3.63, 3.8) is 0 Å². The zero-order chi connectivity index (χ0) is 17.6. The van der Waals surface area contributed by atoms with E-state index in [-0.39, 0.29) is 11.8 Å². The Balaban J connectivity index is 1.63. The molecule has 3 N–H and O–H groups in total. The molecule has 1 aromatic carbocycles. The van der Waals surface area contributed by atoms with E-state index in [4.69, 9.17) is 0 Å². The molecule has 0 spiro atoms. The van der Waals surface area contributed by atoms with E-state index in [1.165, 1.54) is 0 Å². The summed E-state index contributed by atoms with van der Waals surface area (Å²) in [5, 5.41) is 9.41. The van der Waals surface area contributed by atoms with Crippen LogP contribution in [0.25, 0.3) is 0 Å². The Morgan fingerprint density at radius 2 is 1.80 bits per heavy atom. The third-order valence-electron chi connectivity index (χ3n) is 4.34. The van der Waals surface area contributed by atoms with Crippen molar-refractivity contribution in [1.82, 2.24) is 9.97 Å². The SMILES string of the molecule is CCNc1nc(C)cc(Nc2ccc(NC(=O)C3CCCC3)cc2)n1. The number of anilines is 4. The van der Waals surface area contributed by atoms with Crippen molar-refractivity contribution in [1.29, 1.82) is 0 Å². The largest absolute Gasteiger partial charge is 0.354 e. The molecule has 1 amide bonds. The quantitative estimate of drug-likeness (QED) is 0.739. The van der Waals surface area contributed by atoms with Gasteiger partial charge < -0.3 is 16.0 Å². The van der Waals surface area contributed by atoms with Crippen LogP contribution in [0.15, 0.2) is 30.3 Å². The van der Waals surface area contributed by atoms with Gasteiger partial charge in [-0.3, -0.25) is 4.79 Å². The van der Waals surface area contributed by atoms with Gasteiger partial charge in [0.25, 0.3) is 0 Å². The van der Waals surface area contributed by atoms with Gasteiger partial charge in [-0.2, -0.15) is 4.98 Å². The molecule has 0 atom stereocenters. The molecule has 0 aliphatic heterocycles. The molecule has 0 unspecified atom stereocenters. The average Bonchev–Trinajstić information content (AvgIpc) is 3.11. The third kappa shape index (κ3) is 4.68. The van der Waals surface area contributed by atoms with Crippen LogP contribution in [0.1, 0.15) is 38.3 Å². The normalized spacial score (nSPS) is 14.3. The lowest BCUT2D eigenvalue weighted by Crippen LogP contribution is -2.20. The van der Waals surface area contributed by atoms with E-state index < -0.39 is 0 Å². The molecule has 132 valence electrons. The summed E-state index contributed by atoms with van der Waals surface area (Å²) in [4.78, 5) is 21.0. The average molecular weight is 339 g/mol. The molecule has 1 aliphatic rings. The van der Waals surface area contributed by atoms with Gasteiger partial charge in [-0.05, 0) is 51.0 Å². The first kappa shape index (κ1) is 17.2. The molecule has 1 aromatic heterocycles. The minimum Gasteiger partial charge on any atom is -0.354 e. The van der Waals surface area contributed by atoms with Crippen molar-refractivity contribution in [3.8, 4) is 0 Å². The highest BCUT2D eigenvalue weighted by atomic mass is 16.1. The van der Waals surface area contributed by atoms with Gasteiger partial charge in [-0.15, -0.1) is 0 Å². The van der Waals surface area contributed by atoms with Gasteiger partial charge in [-0.1, -0.05) is 12.8 Å². The first-order valence-corrected chi connectivity index (χ1v) is 8.91. The molecule has 1 saturated carbocycles. The van der Waals surface area contributed by atoms with E-state index in [9.17, 15) is 4.79 Å². The summed E-state index contributed by atoms with van der Waals surface area (Å²) in [7, 11) is 0. The predicted molar refractivity (Wildman–Crippen MR) is 101 cm³/mol. The molecule has 1 fully saturated rings. The van der Waals surface area contributed by atoms with E-state index in [0.29, 0.717) is 5.95 Å². The number of aromatic nitrogens is 2. The molecule has 3 rings (SSSR count). The summed E-state index contributed by atoms with van der Waals surface area (Å²) in [6.45, 7) is 4.73. The van der Waals surface area contributed by atoms with E-state index >= 15 is 0 Å². The van der Waals surface area contributed by atoms with Crippen molar-refractivity contribution >= 4 is 29.0 Å². The molecule has 1 heterocycles. The number of nitrogens with zero attached hydrogens (tertiary/aromatic N) is 2. The van der Waals surface area contributed by atoms with Crippen LogP contribution in [0.5, 0.6) is 0 Å². The van der Waals surface area contributed by atoms with Crippen molar-refractivity contribution < 1.29 is 4.79 Å². The zero-order valence-electron chi connectivity index (χ0n) is 14.8. The molecule has 6 heteroatoms. The molecule has 6 nitrogen and oxygen atoms in total. The fourth-order valence-corrected chi connectivity index (χ4v) is 3.09. The van der Waals surface area contributed by atoms with E-state index in [0.717, 1.165) is 55.1 Å². The topological polar surface area (TPSA) is 78.9 Å². The highest BCUT2D eigenvalue weighted by Gasteiger charge is 2.22. The number of carbonyl (C=O) groups is 1. The minimum absolute atomic E-state index is 0.139. The number of rotatable bonds is 6. The number of hydrogen-bond acceptors (Lipinski definition) is 5. The van der Waals surface area contributed by atoms with Crippen molar-refractivity contribution in [3.05, 3.63) is 36.0 Å². The smallest absolute Gasteiger partial charge is 0.227 e. The Morgan fingerprint density at radius 1 is 1.12 bits per heavy atom. The van der Waals surface area contributed by atoms with Gasteiger partial charge in [0.05, 0.1) is 0 Å². The van der Waals surface area contributed by atoms with Crippen LogP contribution in [0.4, 0.5) is 23.1 Å². The van der Waals surface area contributed by atoms with Crippen LogP contribution in [-0.2, 0) is 4.79 Å². The van der Waals surface area contributed by atoms with Crippen molar-refractivity contribution in [2.75, 3.05) is 22.5 Å². The van der Waals surface area contributed by atoms with E-state index in [1.54, 1.807) is 0 Å². The number of carbonyl (C=O) groups excluding carboxylic acids is 1. The lowest BCUT2D eigenvalue weighted by atomic mass is 10.1. The Bertz CT molecular complexity index is 723. The molecular formula is C19H25N5O. The Morgan fingerprint density at radius 3 is 2.48 bits per heavy atom. The zero-order valence-corrected chi connectivity index (χ0v) is 14.8. The Labute approximate surface area is 148 Å². The second-order valence-corrected chi connectivity index (χ2v) is 6.42. The first-order valence-electron chi connectivity index (χ1n) is 8.91. The second-order valence-electron chi connectivity index (χ2n) is 6.42. The van der Waals surface area contributed by atoms with E-state index in [1.807, 2.05) is 44.2 Å². The van der Waals surface area contributed by atoms with Crippen LogP contribution in [0.2, 0.25) is 0 Å². The number of benzene rings is 1. The molecule has 25 heavy (non-hydrogen) atoms. The maximum absolute atomic E-state index is 12.2. The first-order chi connectivity index (χ1) is 12.1. The molecule has 2 aromatic rings. The Hall–Kier alpha value is -2.63. The lowest BCUT2D eigenvalue weighted by molar-refractivity contribution is -0.119. The highest BCUT2D eigenvalue weighted by Crippen LogP contribution is 2.26. The number of aryl methyl sites for hydroxylation is 1. The maximum atomic E-state index is 12.2. The van der Waals surface area contributed by atoms with Crippen LogP contribution in [0.3, 0.4) is 0 Å². The Kier molecular flexibility index (Phi) is 5.48. The fraction of sp³-hybridized carbons (Fsp3) is 0.421.